The molecule has 0 atom stereocenters. The molecule has 9 heteroatoms. The van der Waals surface area contributed by atoms with Gasteiger partial charge in [0.1, 0.15) is 4.83 Å². The molecule has 3 heterocycles. The van der Waals surface area contributed by atoms with Gasteiger partial charge in [-0.3, -0.25) is 19.1 Å². The van der Waals surface area contributed by atoms with Crippen LogP contribution in [0.3, 0.4) is 0 Å². The highest BCUT2D eigenvalue weighted by atomic mass is 32.2. The fourth-order valence-electron chi connectivity index (χ4n) is 3.85. The molecule has 1 aliphatic carbocycles. The summed E-state index contributed by atoms with van der Waals surface area (Å²) in [6.07, 6.45) is 7.69. The molecule has 31 heavy (non-hydrogen) atoms. The van der Waals surface area contributed by atoms with Crippen molar-refractivity contribution in [2.75, 3.05) is 11.9 Å². The van der Waals surface area contributed by atoms with Gasteiger partial charge in [-0.25, -0.2) is 9.97 Å². The van der Waals surface area contributed by atoms with E-state index in [1.165, 1.54) is 41.5 Å². The number of amides is 1. The van der Waals surface area contributed by atoms with Crippen LogP contribution in [0.5, 0.6) is 0 Å². The first kappa shape index (κ1) is 22.5. The van der Waals surface area contributed by atoms with Gasteiger partial charge in [-0.2, -0.15) is 0 Å². The van der Waals surface area contributed by atoms with Crippen molar-refractivity contribution in [3.63, 3.8) is 0 Å². The summed E-state index contributed by atoms with van der Waals surface area (Å²) in [7, 11) is 1.73. The number of anilines is 1. The maximum Gasteiger partial charge on any atom is 0.263 e. The van der Waals surface area contributed by atoms with Gasteiger partial charge in [0.25, 0.3) is 5.56 Å². The highest BCUT2D eigenvalue weighted by Crippen LogP contribution is 2.36. The number of thioether (sulfide) groups is 1. The number of aromatic nitrogens is 3. The molecule has 0 unspecified atom stereocenters. The van der Waals surface area contributed by atoms with Crippen molar-refractivity contribution in [3.05, 3.63) is 31.9 Å². The zero-order valence-electron chi connectivity index (χ0n) is 18.3. The van der Waals surface area contributed by atoms with Crippen molar-refractivity contribution in [1.29, 1.82) is 0 Å². The third-order valence-electron chi connectivity index (χ3n) is 5.67. The molecule has 6 nitrogen and oxygen atoms in total. The maximum absolute atomic E-state index is 13.5. The number of nitrogens with zero attached hydrogens (tertiary/aromatic N) is 4. The zero-order valence-corrected chi connectivity index (χ0v) is 20.7. The first-order valence-electron chi connectivity index (χ1n) is 10.9. The Morgan fingerprint density at radius 1 is 1.26 bits per heavy atom. The first-order valence-corrected chi connectivity index (χ1v) is 13.5. The Hall–Kier alpha value is -1.71. The predicted molar refractivity (Wildman–Crippen MR) is 131 cm³/mol. The zero-order chi connectivity index (χ0) is 22.0. The summed E-state index contributed by atoms with van der Waals surface area (Å²) in [5.74, 6) is 0.590. The van der Waals surface area contributed by atoms with E-state index in [2.05, 4.69) is 11.9 Å². The average molecular weight is 477 g/mol. The van der Waals surface area contributed by atoms with Crippen molar-refractivity contribution in [2.45, 2.75) is 76.2 Å². The van der Waals surface area contributed by atoms with E-state index < -0.39 is 0 Å². The van der Waals surface area contributed by atoms with E-state index >= 15 is 0 Å². The number of fused-ring (bicyclic) bond motifs is 3. The second-order valence-corrected chi connectivity index (χ2v) is 10.8. The van der Waals surface area contributed by atoms with Crippen LogP contribution in [0.2, 0.25) is 0 Å². The lowest BCUT2D eigenvalue weighted by Gasteiger charge is -2.12. The van der Waals surface area contributed by atoms with Crippen molar-refractivity contribution >= 4 is 55.7 Å². The number of thiophene rings is 1. The molecule has 0 aromatic carbocycles. The molecule has 0 aliphatic heterocycles. The van der Waals surface area contributed by atoms with Crippen LogP contribution >= 0.6 is 34.4 Å². The van der Waals surface area contributed by atoms with Crippen LogP contribution in [0.4, 0.5) is 5.13 Å². The van der Waals surface area contributed by atoms with Gasteiger partial charge in [0.15, 0.2) is 10.3 Å². The van der Waals surface area contributed by atoms with E-state index in [0.717, 1.165) is 53.2 Å². The van der Waals surface area contributed by atoms with Gasteiger partial charge in [-0.1, -0.05) is 37.9 Å². The molecule has 0 fully saturated rings. The third-order valence-corrected chi connectivity index (χ3v) is 8.83. The standard InChI is InChI=1S/C22H28N4O2S3/c1-4-5-6-7-11-26-20(28)18-16-9-8-10-17(16)31-19(18)24-22(26)30-13-15-12-29-21(23-15)25(3)14(2)27/h12H,4-11,13H2,1-3H3. The van der Waals surface area contributed by atoms with E-state index in [-0.39, 0.29) is 11.5 Å². The molecule has 3 aromatic rings. The summed E-state index contributed by atoms with van der Waals surface area (Å²) >= 11 is 4.72. The molecule has 0 bridgehead atoms. The van der Waals surface area contributed by atoms with Crippen molar-refractivity contribution in [3.8, 4) is 0 Å². The van der Waals surface area contributed by atoms with Crippen molar-refractivity contribution < 1.29 is 4.79 Å². The SMILES string of the molecule is CCCCCCn1c(SCc2csc(N(C)C(C)=O)n2)nc2sc3c(c2c1=O)CCC3. The van der Waals surface area contributed by atoms with Gasteiger partial charge in [-0.15, -0.1) is 22.7 Å². The molecule has 1 aliphatic rings. The Morgan fingerprint density at radius 3 is 2.87 bits per heavy atom. The molecule has 1 amide bonds. The number of aryl methyl sites for hydroxylation is 2. The molecule has 166 valence electrons. The van der Waals surface area contributed by atoms with Crippen molar-refractivity contribution in [1.82, 2.24) is 14.5 Å². The predicted octanol–water partition coefficient (Wildman–Crippen LogP) is 5.26. The monoisotopic (exact) mass is 476 g/mol. The lowest BCUT2D eigenvalue weighted by Crippen LogP contribution is -2.23. The fraction of sp³-hybridized carbons (Fsp3) is 0.545. The number of hydrogen-bond acceptors (Lipinski definition) is 7. The lowest BCUT2D eigenvalue weighted by molar-refractivity contribution is -0.116. The summed E-state index contributed by atoms with van der Waals surface area (Å²) in [4.78, 5) is 38.4. The summed E-state index contributed by atoms with van der Waals surface area (Å²) in [5, 5.41) is 4.31. The molecular weight excluding hydrogens is 448 g/mol. The van der Waals surface area contributed by atoms with Crippen LogP contribution < -0.4 is 10.5 Å². The second kappa shape index (κ2) is 9.83. The smallest absolute Gasteiger partial charge is 0.263 e. The number of carbonyl (C=O) groups is 1. The van der Waals surface area contributed by atoms with E-state index in [1.807, 2.05) is 9.95 Å². The molecule has 0 saturated heterocycles. The fourth-order valence-corrected chi connectivity index (χ4v) is 7.01. The van der Waals surface area contributed by atoms with Crippen LogP contribution in [0.25, 0.3) is 10.2 Å². The number of thiazole rings is 1. The minimum Gasteiger partial charge on any atom is -0.292 e. The molecule has 0 saturated carbocycles. The first-order chi connectivity index (χ1) is 15.0. The normalized spacial score (nSPS) is 13.1. The van der Waals surface area contributed by atoms with Crippen LogP contribution in [-0.4, -0.2) is 27.5 Å². The van der Waals surface area contributed by atoms with Crippen LogP contribution in [0.15, 0.2) is 15.3 Å². The second-order valence-electron chi connectivity index (χ2n) is 7.94. The average Bonchev–Trinajstić information content (AvgIpc) is 3.46. The van der Waals surface area contributed by atoms with E-state index in [1.54, 1.807) is 35.0 Å². The minimum absolute atomic E-state index is 0.0349. The van der Waals surface area contributed by atoms with E-state index in [4.69, 9.17) is 4.98 Å². The summed E-state index contributed by atoms with van der Waals surface area (Å²) in [5.41, 5.74) is 2.27. The largest absolute Gasteiger partial charge is 0.292 e. The van der Waals surface area contributed by atoms with Crippen LogP contribution in [-0.2, 0) is 29.9 Å². The quantitative estimate of drug-likeness (QED) is 0.239. The molecule has 0 spiro atoms. The number of rotatable bonds is 9. The van der Waals surface area contributed by atoms with Gasteiger partial charge < -0.3 is 0 Å². The van der Waals surface area contributed by atoms with E-state index in [9.17, 15) is 9.59 Å². The Bertz CT molecular complexity index is 1150. The van der Waals surface area contributed by atoms with Crippen molar-refractivity contribution in [2.24, 2.45) is 0 Å². The number of carbonyl (C=O) groups excluding carboxylic acids is 1. The lowest BCUT2D eigenvalue weighted by atomic mass is 10.2. The maximum atomic E-state index is 13.5. The summed E-state index contributed by atoms with van der Waals surface area (Å²) in [6, 6.07) is 0. The summed E-state index contributed by atoms with van der Waals surface area (Å²) < 4.78 is 1.89. The summed E-state index contributed by atoms with van der Waals surface area (Å²) in [6.45, 7) is 4.44. The van der Waals surface area contributed by atoms with Gasteiger partial charge in [0.05, 0.1) is 11.1 Å². The Labute approximate surface area is 194 Å². The highest BCUT2D eigenvalue weighted by Gasteiger charge is 2.23. The van der Waals surface area contributed by atoms with Crippen LogP contribution in [0, 0.1) is 0 Å². The third kappa shape index (κ3) is 4.73. The topological polar surface area (TPSA) is 68.1 Å². The minimum atomic E-state index is -0.0349. The number of hydrogen-bond donors (Lipinski definition) is 0. The van der Waals surface area contributed by atoms with Gasteiger partial charge in [0, 0.05) is 36.5 Å². The number of unbranched alkanes of at least 4 members (excludes halogenated alkanes) is 3. The Balaban J connectivity index is 1.61. The van der Waals surface area contributed by atoms with Gasteiger partial charge in [-0.05, 0) is 31.2 Å². The Kier molecular flexibility index (Phi) is 7.13. The molecule has 0 radical (unpaired) electrons. The van der Waals surface area contributed by atoms with Gasteiger partial charge >= 0.3 is 0 Å². The molecular formula is C22H28N4O2S3. The van der Waals surface area contributed by atoms with E-state index in [0.29, 0.717) is 17.4 Å². The molecule has 4 rings (SSSR count). The highest BCUT2D eigenvalue weighted by molar-refractivity contribution is 7.98. The van der Waals surface area contributed by atoms with Gasteiger partial charge in [0.2, 0.25) is 5.91 Å². The van der Waals surface area contributed by atoms with Crippen LogP contribution in [0.1, 0.15) is 62.1 Å². The molecule has 0 N–H and O–H groups in total. The molecule has 3 aromatic heterocycles. The Morgan fingerprint density at radius 2 is 2.10 bits per heavy atom.